The fraction of sp³-hybridized carbons (Fsp3) is 0.182. The summed E-state index contributed by atoms with van der Waals surface area (Å²) in [4.78, 5) is 0.974. The van der Waals surface area contributed by atoms with Gasteiger partial charge in [-0.3, -0.25) is 0 Å². The van der Waals surface area contributed by atoms with Gasteiger partial charge in [0.2, 0.25) is 9.84 Å². The maximum absolute atomic E-state index is 12.7. The second-order valence-corrected chi connectivity index (χ2v) is 5.44. The molecule has 0 heterocycles. The molecule has 0 aliphatic heterocycles. The summed E-state index contributed by atoms with van der Waals surface area (Å²) in [5, 5.41) is 8.83. The molecule has 1 aromatic rings. The lowest BCUT2D eigenvalue weighted by Gasteiger charge is -2.07. The first-order valence-electron chi connectivity index (χ1n) is 4.67. The minimum Gasteiger partial charge on any atom is -0.382 e. The van der Waals surface area contributed by atoms with Crippen molar-refractivity contribution in [2.24, 2.45) is 0 Å². The fourth-order valence-electron chi connectivity index (χ4n) is 1.13. The summed E-state index contributed by atoms with van der Waals surface area (Å²) in [6.07, 6.45) is 1.21. The molecule has 0 fully saturated rings. The number of rotatable bonds is 3. The molecule has 17 heavy (non-hydrogen) atoms. The molecule has 0 aliphatic carbocycles. The average molecular weight is 254 g/mol. The number of nitriles is 1. The molecule has 90 valence electrons. The first kappa shape index (κ1) is 13.2. The maximum Gasteiger partial charge on any atom is 0.218 e. The van der Waals surface area contributed by atoms with Crippen LogP contribution < -0.4 is 0 Å². The van der Waals surface area contributed by atoms with Gasteiger partial charge in [0.15, 0.2) is 4.91 Å². The van der Waals surface area contributed by atoms with E-state index in [0.717, 1.165) is 24.3 Å². The summed E-state index contributed by atoms with van der Waals surface area (Å²) in [7, 11) is -0.654. The van der Waals surface area contributed by atoms with Crippen LogP contribution in [0.2, 0.25) is 0 Å². The lowest BCUT2D eigenvalue weighted by molar-refractivity contribution is 0.559. The van der Waals surface area contributed by atoms with Gasteiger partial charge in [-0.2, -0.15) is 5.26 Å². The molecule has 1 aromatic carbocycles. The van der Waals surface area contributed by atoms with Gasteiger partial charge in [0.05, 0.1) is 4.90 Å². The molecule has 0 aromatic heterocycles. The van der Waals surface area contributed by atoms with Crippen molar-refractivity contribution in [2.45, 2.75) is 4.90 Å². The van der Waals surface area contributed by atoms with Crippen molar-refractivity contribution in [1.82, 2.24) is 4.90 Å². The standard InChI is InChI=1S/C11H11FN2O2S/c1-14(2)8-11(7-13)17(15,16)10-5-3-9(12)4-6-10/h3-6,8H,1-2H3. The fourth-order valence-corrected chi connectivity index (χ4v) is 2.35. The Bertz CT molecular complexity index is 568. The van der Waals surface area contributed by atoms with Gasteiger partial charge in [-0.05, 0) is 24.3 Å². The number of halogens is 1. The Morgan fingerprint density at radius 1 is 1.35 bits per heavy atom. The SMILES string of the molecule is CN(C)C=C(C#N)S(=O)(=O)c1ccc(F)cc1. The number of sulfone groups is 1. The van der Waals surface area contributed by atoms with E-state index in [1.54, 1.807) is 20.2 Å². The molecule has 0 aliphatic rings. The lowest BCUT2D eigenvalue weighted by Crippen LogP contribution is -2.09. The van der Waals surface area contributed by atoms with E-state index in [1.807, 2.05) is 0 Å². The minimum absolute atomic E-state index is 0.103. The van der Waals surface area contributed by atoms with Crippen molar-refractivity contribution < 1.29 is 12.8 Å². The van der Waals surface area contributed by atoms with Crippen LogP contribution in [0.15, 0.2) is 40.3 Å². The summed E-state index contributed by atoms with van der Waals surface area (Å²) in [6, 6.07) is 5.96. The van der Waals surface area contributed by atoms with Gasteiger partial charge in [-0.25, -0.2) is 12.8 Å². The molecule has 0 amide bonds. The summed E-state index contributed by atoms with van der Waals surface area (Å²) >= 11 is 0. The smallest absolute Gasteiger partial charge is 0.218 e. The minimum atomic E-state index is -3.87. The molecule has 0 spiro atoms. The Labute approximate surface area is 99.5 Å². The molecular formula is C11H11FN2O2S. The topological polar surface area (TPSA) is 61.2 Å². The predicted molar refractivity (Wildman–Crippen MR) is 61.0 cm³/mol. The molecular weight excluding hydrogens is 243 g/mol. The molecule has 0 saturated heterocycles. The van der Waals surface area contributed by atoms with Gasteiger partial charge < -0.3 is 4.90 Å². The number of hydrogen-bond acceptors (Lipinski definition) is 4. The van der Waals surface area contributed by atoms with Gasteiger partial charge >= 0.3 is 0 Å². The highest BCUT2D eigenvalue weighted by Crippen LogP contribution is 2.19. The zero-order valence-electron chi connectivity index (χ0n) is 9.38. The van der Waals surface area contributed by atoms with Crippen molar-refractivity contribution >= 4 is 9.84 Å². The lowest BCUT2D eigenvalue weighted by atomic mass is 10.4. The van der Waals surface area contributed by atoms with Crippen LogP contribution in [0.4, 0.5) is 4.39 Å². The van der Waals surface area contributed by atoms with E-state index < -0.39 is 15.7 Å². The third-order valence-corrected chi connectivity index (χ3v) is 3.57. The van der Waals surface area contributed by atoms with Gasteiger partial charge in [0.1, 0.15) is 11.9 Å². The van der Waals surface area contributed by atoms with Crippen LogP contribution in [0.3, 0.4) is 0 Å². The van der Waals surface area contributed by atoms with Gasteiger partial charge in [0.25, 0.3) is 0 Å². The number of nitrogens with zero attached hydrogens (tertiary/aromatic N) is 2. The number of hydrogen-bond donors (Lipinski definition) is 0. The largest absolute Gasteiger partial charge is 0.382 e. The third-order valence-electron chi connectivity index (χ3n) is 1.90. The quantitative estimate of drug-likeness (QED) is 0.606. The van der Waals surface area contributed by atoms with E-state index in [4.69, 9.17) is 5.26 Å². The van der Waals surface area contributed by atoms with Crippen molar-refractivity contribution in [3.05, 3.63) is 41.2 Å². The van der Waals surface area contributed by atoms with Crippen LogP contribution in [0.5, 0.6) is 0 Å². The van der Waals surface area contributed by atoms with E-state index in [1.165, 1.54) is 11.1 Å². The molecule has 1 rings (SSSR count). The summed E-state index contributed by atoms with van der Waals surface area (Å²) < 4.78 is 36.6. The molecule has 0 unspecified atom stereocenters. The van der Waals surface area contributed by atoms with E-state index in [0.29, 0.717) is 0 Å². The number of allylic oxidation sites excluding steroid dienone is 1. The average Bonchev–Trinajstić information content (AvgIpc) is 2.26. The molecule has 6 heteroatoms. The first-order valence-corrected chi connectivity index (χ1v) is 6.15. The number of benzene rings is 1. The van der Waals surface area contributed by atoms with Crippen LogP contribution in [-0.2, 0) is 9.84 Å². The van der Waals surface area contributed by atoms with E-state index in [9.17, 15) is 12.8 Å². The van der Waals surface area contributed by atoms with Crippen LogP contribution >= 0.6 is 0 Å². The Morgan fingerprint density at radius 2 is 1.88 bits per heavy atom. The van der Waals surface area contributed by atoms with Gasteiger partial charge in [0, 0.05) is 20.3 Å². The molecule has 0 atom stereocenters. The molecule has 0 radical (unpaired) electrons. The Balaban J connectivity index is 3.29. The van der Waals surface area contributed by atoms with Crippen molar-refractivity contribution in [2.75, 3.05) is 14.1 Å². The summed E-state index contributed by atoms with van der Waals surface area (Å²) in [5.41, 5.74) is 0. The summed E-state index contributed by atoms with van der Waals surface area (Å²) in [6.45, 7) is 0. The first-order chi connectivity index (χ1) is 7.87. The highest BCUT2D eigenvalue weighted by molar-refractivity contribution is 7.95. The Kier molecular flexibility index (Phi) is 3.86. The van der Waals surface area contributed by atoms with Gasteiger partial charge in [-0.1, -0.05) is 0 Å². The highest BCUT2D eigenvalue weighted by Gasteiger charge is 2.20. The normalized spacial score (nSPS) is 12.0. The van der Waals surface area contributed by atoms with Crippen LogP contribution in [-0.4, -0.2) is 27.4 Å². The van der Waals surface area contributed by atoms with E-state index in [2.05, 4.69) is 0 Å². The second kappa shape index (κ2) is 4.97. The molecule has 0 saturated carbocycles. The highest BCUT2D eigenvalue weighted by atomic mass is 32.2. The third kappa shape index (κ3) is 3.04. The molecule has 0 bridgehead atoms. The van der Waals surface area contributed by atoms with Crippen LogP contribution in [0, 0.1) is 17.1 Å². The Morgan fingerprint density at radius 3 is 2.29 bits per heavy atom. The van der Waals surface area contributed by atoms with Crippen LogP contribution in [0.25, 0.3) is 0 Å². The van der Waals surface area contributed by atoms with Crippen molar-refractivity contribution in [3.8, 4) is 6.07 Å². The zero-order valence-corrected chi connectivity index (χ0v) is 10.2. The van der Waals surface area contributed by atoms with Crippen LogP contribution in [0.1, 0.15) is 0 Å². The monoisotopic (exact) mass is 254 g/mol. The van der Waals surface area contributed by atoms with E-state index >= 15 is 0 Å². The zero-order chi connectivity index (χ0) is 13.1. The predicted octanol–water partition coefficient (Wildman–Crippen LogP) is 1.53. The summed E-state index contributed by atoms with van der Waals surface area (Å²) in [5.74, 6) is -0.529. The molecule has 4 nitrogen and oxygen atoms in total. The second-order valence-electron chi connectivity index (χ2n) is 3.53. The van der Waals surface area contributed by atoms with Gasteiger partial charge in [-0.15, -0.1) is 0 Å². The van der Waals surface area contributed by atoms with Crippen molar-refractivity contribution in [3.63, 3.8) is 0 Å². The molecule has 0 N–H and O–H groups in total. The Hall–Kier alpha value is -1.87. The maximum atomic E-state index is 12.7. The van der Waals surface area contributed by atoms with E-state index in [-0.39, 0.29) is 9.80 Å². The van der Waals surface area contributed by atoms with Crippen molar-refractivity contribution in [1.29, 1.82) is 5.26 Å².